The van der Waals surface area contributed by atoms with Crippen molar-refractivity contribution in [2.45, 2.75) is 13.3 Å². The zero-order valence-electron chi connectivity index (χ0n) is 10.0. The zero-order valence-corrected chi connectivity index (χ0v) is 10.8. The molecular weight excluding hydrogens is 256 g/mol. The Hall–Kier alpha value is -1.75. The number of amides is 2. The van der Waals surface area contributed by atoms with Gasteiger partial charge in [0, 0.05) is 0 Å². The highest BCUT2D eigenvalue weighted by Crippen LogP contribution is 2.17. The summed E-state index contributed by atoms with van der Waals surface area (Å²) in [7, 11) is 0. The topological polar surface area (TPSA) is 67.4 Å². The van der Waals surface area contributed by atoms with Gasteiger partial charge in [0.15, 0.2) is 6.61 Å². The maximum absolute atomic E-state index is 11.3. The van der Waals surface area contributed by atoms with Crippen LogP contribution >= 0.6 is 11.6 Å². The van der Waals surface area contributed by atoms with E-state index < -0.39 is 11.8 Å². The molecule has 0 unspecified atom stereocenters. The first kappa shape index (κ1) is 14.3. The van der Waals surface area contributed by atoms with Crippen LogP contribution in [-0.2, 0) is 16.0 Å². The Kier molecular flexibility index (Phi) is 6.00. The minimum absolute atomic E-state index is 0.167. The van der Waals surface area contributed by atoms with Crippen molar-refractivity contribution in [2.24, 2.45) is 0 Å². The molecular formula is C12H15ClN2O3. The van der Waals surface area contributed by atoms with Crippen molar-refractivity contribution in [1.29, 1.82) is 0 Å². The van der Waals surface area contributed by atoms with E-state index in [-0.39, 0.29) is 12.5 Å². The summed E-state index contributed by atoms with van der Waals surface area (Å²) in [6.07, 6.45) is 0.820. The molecule has 0 aromatic heterocycles. The Morgan fingerprint density at radius 3 is 2.56 bits per heavy atom. The normalized spacial score (nSPS) is 9.67. The quantitative estimate of drug-likeness (QED) is 0.620. The summed E-state index contributed by atoms with van der Waals surface area (Å²) < 4.78 is 5.36. The number of ether oxygens (including phenoxy) is 1. The molecule has 5 nitrogen and oxygen atoms in total. The van der Waals surface area contributed by atoms with Crippen LogP contribution in [0.3, 0.4) is 0 Å². The van der Waals surface area contributed by atoms with Crippen molar-refractivity contribution in [1.82, 2.24) is 10.9 Å². The first-order chi connectivity index (χ1) is 8.67. The van der Waals surface area contributed by atoms with Crippen molar-refractivity contribution in [3.05, 3.63) is 29.8 Å². The Balaban J connectivity index is 2.40. The number of benzene rings is 1. The van der Waals surface area contributed by atoms with Gasteiger partial charge in [-0.2, -0.15) is 0 Å². The minimum Gasteiger partial charge on any atom is -0.483 e. The fraction of sp³-hybridized carbons (Fsp3) is 0.333. The monoisotopic (exact) mass is 270 g/mol. The molecule has 0 saturated carbocycles. The fourth-order valence-corrected chi connectivity index (χ4v) is 1.36. The number of carbonyl (C=O) groups excluding carboxylic acids is 2. The second-order valence-corrected chi connectivity index (χ2v) is 3.75. The largest absolute Gasteiger partial charge is 0.483 e. The van der Waals surface area contributed by atoms with Gasteiger partial charge < -0.3 is 4.74 Å². The van der Waals surface area contributed by atoms with E-state index in [9.17, 15) is 9.59 Å². The molecule has 0 bridgehead atoms. The van der Waals surface area contributed by atoms with Gasteiger partial charge in [-0.1, -0.05) is 25.1 Å². The van der Waals surface area contributed by atoms with Gasteiger partial charge >= 0.3 is 0 Å². The summed E-state index contributed by atoms with van der Waals surface area (Å²) in [5, 5.41) is 0. The van der Waals surface area contributed by atoms with E-state index >= 15 is 0 Å². The predicted octanol–water partition coefficient (Wildman–Crippen LogP) is 1.01. The number of alkyl halides is 1. The molecule has 0 aliphatic heterocycles. The van der Waals surface area contributed by atoms with Crippen LogP contribution in [0.5, 0.6) is 5.75 Å². The first-order valence-corrected chi connectivity index (χ1v) is 6.05. The van der Waals surface area contributed by atoms with Crippen LogP contribution in [0.1, 0.15) is 12.5 Å². The molecule has 0 saturated heterocycles. The van der Waals surface area contributed by atoms with Crippen LogP contribution in [-0.4, -0.2) is 24.3 Å². The predicted molar refractivity (Wildman–Crippen MR) is 68.3 cm³/mol. The third-order valence-corrected chi connectivity index (χ3v) is 2.42. The minimum atomic E-state index is -0.473. The van der Waals surface area contributed by atoms with E-state index in [1.165, 1.54) is 0 Å². The molecule has 1 aromatic carbocycles. The number of halogens is 1. The lowest BCUT2D eigenvalue weighted by atomic mass is 10.1. The van der Waals surface area contributed by atoms with Gasteiger partial charge in [0.25, 0.3) is 11.8 Å². The summed E-state index contributed by atoms with van der Waals surface area (Å²) in [5.74, 6) is -0.461. The van der Waals surface area contributed by atoms with E-state index in [2.05, 4.69) is 10.9 Å². The summed E-state index contributed by atoms with van der Waals surface area (Å²) in [6.45, 7) is 1.84. The number of rotatable bonds is 5. The van der Waals surface area contributed by atoms with Gasteiger partial charge in [0.1, 0.15) is 11.6 Å². The second-order valence-electron chi connectivity index (χ2n) is 3.48. The summed E-state index contributed by atoms with van der Waals surface area (Å²) in [5.41, 5.74) is 5.36. The zero-order chi connectivity index (χ0) is 13.4. The van der Waals surface area contributed by atoms with E-state index in [4.69, 9.17) is 16.3 Å². The van der Waals surface area contributed by atoms with Crippen LogP contribution in [0.25, 0.3) is 0 Å². The van der Waals surface area contributed by atoms with Crippen LogP contribution < -0.4 is 15.6 Å². The van der Waals surface area contributed by atoms with Gasteiger partial charge in [0.2, 0.25) is 0 Å². The number of hydrogen-bond acceptors (Lipinski definition) is 3. The van der Waals surface area contributed by atoms with Crippen molar-refractivity contribution >= 4 is 23.4 Å². The van der Waals surface area contributed by atoms with Crippen molar-refractivity contribution < 1.29 is 14.3 Å². The molecule has 2 N–H and O–H groups in total. The number of para-hydroxylation sites is 1. The Labute approximate surface area is 110 Å². The Morgan fingerprint density at radius 1 is 1.22 bits per heavy atom. The number of hydrazine groups is 1. The molecule has 0 heterocycles. The number of carbonyl (C=O) groups is 2. The molecule has 0 aliphatic rings. The maximum atomic E-state index is 11.3. The van der Waals surface area contributed by atoms with Crippen molar-refractivity contribution in [3.8, 4) is 5.75 Å². The van der Waals surface area contributed by atoms with Crippen LogP contribution in [0.4, 0.5) is 0 Å². The van der Waals surface area contributed by atoms with Crippen LogP contribution in [0.2, 0.25) is 0 Å². The first-order valence-electron chi connectivity index (χ1n) is 5.51. The second kappa shape index (κ2) is 7.55. The molecule has 98 valence electrons. The average Bonchev–Trinajstić information content (AvgIpc) is 2.42. The molecule has 18 heavy (non-hydrogen) atoms. The maximum Gasteiger partial charge on any atom is 0.276 e. The molecule has 0 radical (unpaired) electrons. The van der Waals surface area contributed by atoms with E-state index in [0.29, 0.717) is 5.75 Å². The molecule has 0 fully saturated rings. The standard InChI is InChI=1S/C12H15ClN2O3/c1-2-9-5-3-4-6-10(9)18-8-12(17)15-14-11(16)7-13/h3-6H,2,7-8H2,1H3,(H,14,16)(H,15,17). The van der Waals surface area contributed by atoms with Crippen molar-refractivity contribution in [3.63, 3.8) is 0 Å². The van der Waals surface area contributed by atoms with Gasteiger partial charge in [-0.3, -0.25) is 20.4 Å². The fourth-order valence-electron chi connectivity index (χ4n) is 1.29. The van der Waals surface area contributed by atoms with Gasteiger partial charge in [0.05, 0.1) is 0 Å². The van der Waals surface area contributed by atoms with Gasteiger partial charge in [-0.05, 0) is 18.1 Å². The highest BCUT2D eigenvalue weighted by Gasteiger charge is 2.06. The smallest absolute Gasteiger partial charge is 0.276 e. The third-order valence-electron chi connectivity index (χ3n) is 2.17. The summed E-state index contributed by atoms with van der Waals surface area (Å²) in [6, 6.07) is 7.47. The SMILES string of the molecule is CCc1ccccc1OCC(=O)NNC(=O)CCl. The highest BCUT2D eigenvalue weighted by molar-refractivity contribution is 6.27. The van der Waals surface area contributed by atoms with Crippen molar-refractivity contribution in [2.75, 3.05) is 12.5 Å². The lowest BCUT2D eigenvalue weighted by molar-refractivity contribution is -0.128. The lowest BCUT2D eigenvalue weighted by Crippen LogP contribution is -2.44. The summed E-state index contributed by atoms with van der Waals surface area (Å²) in [4.78, 5) is 22.1. The van der Waals surface area contributed by atoms with Crippen LogP contribution in [0, 0.1) is 0 Å². The van der Waals surface area contributed by atoms with Gasteiger partial charge in [-0.25, -0.2) is 0 Å². The number of hydrogen-bond donors (Lipinski definition) is 2. The summed E-state index contributed by atoms with van der Waals surface area (Å²) >= 11 is 5.25. The molecule has 0 atom stereocenters. The molecule has 2 amide bonds. The Morgan fingerprint density at radius 2 is 1.89 bits per heavy atom. The van der Waals surface area contributed by atoms with Gasteiger partial charge in [-0.15, -0.1) is 11.6 Å². The highest BCUT2D eigenvalue weighted by atomic mass is 35.5. The number of aryl methyl sites for hydroxylation is 1. The molecule has 6 heteroatoms. The van der Waals surface area contributed by atoms with E-state index in [1.807, 2.05) is 25.1 Å². The van der Waals surface area contributed by atoms with E-state index in [1.54, 1.807) is 6.07 Å². The molecule has 0 spiro atoms. The molecule has 0 aliphatic carbocycles. The average molecular weight is 271 g/mol. The lowest BCUT2D eigenvalue weighted by Gasteiger charge is -2.10. The van der Waals surface area contributed by atoms with E-state index in [0.717, 1.165) is 12.0 Å². The number of nitrogens with one attached hydrogen (secondary N) is 2. The molecule has 1 aromatic rings. The van der Waals surface area contributed by atoms with Crippen LogP contribution in [0.15, 0.2) is 24.3 Å². The third kappa shape index (κ3) is 4.63. The Bertz CT molecular complexity index is 424. The molecule has 1 rings (SSSR count).